The van der Waals surface area contributed by atoms with E-state index in [-0.39, 0.29) is 31.4 Å². The van der Waals surface area contributed by atoms with Crippen molar-refractivity contribution in [1.29, 1.82) is 0 Å². The fraction of sp³-hybridized carbons (Fsp3) is 0.800. The monoisotopic (exact) mass is 154 g/mol. The molecule has 0 heterocycles. The highest BCUT2D eigenvalue weighted by atomic mass is 35.5. The number of carbonyl (C=O) groups is 1. The zero-order valence-corrected chi connectivity index (χ0v) is 6.11. The fourth-order valence-corrected chi connectivity index (χ4v) is 0.324. The molecule has 0 amide bonds. The van der Waals surface area contributed by atoms with E-state index in [1.807, 2.05) is 0 Å². The Morgan fingerprint density at radius 2 is 2.22 bits per heavy atom. The van der Waals surface area contributed by atoms with Crippen LogP contribution < -0.4 is 0 Å². The first-order valence-electron chi connectivity index (χ1n) is 2.57. The van der Waals surface area contributed by atoms with Gasteiger partial charge in [-0.2, -0.15) is 0 Å². The molecule has 0 atom stereocenters. The van der Waals surface area contributed by atoms with Gasteiger partial charge in [0, 0.05) is 0 Å². The largest absolute Gasteiger partial charge is 0.466 e. The lowest BCUT2D eigenvalue weighted by atomic mass is 10.5. The molecule has 9 heavy (non-hydrogen) atoms. The lowest BCUT2D eigenvalue weighted by Gasteiger charge is -1.96. The Balaban J connectivity index is 0. The number of hydrogen-bond donors (Lipinski definition) is 1. The van der Waals surface area contributed by atoms with E-state index in [9.17, 15) is 4.79 Å². The predicted molar refractivity (Wildman–Crippen MR) is 35.6 cm³/mol. The van der Waals surface area contributed by atoms with E-state index in [0.29, 0.717) is 6.61 Å². The third-order valence-electron chi connectivity index (χ3n) is 0.621. The summed E-state index contributed by atoms with van der Waals surface area (Å²) in [6, 6.07) is 0. The van der Waals surface area contributed by atoms with Crippen LogP contribution in [-0.4, -0.2) is 24.3 Å². The molecule has 4 heteroatoms. The van der Waals surface area contributed by atoms with Gasteiger partial charge in [0.25, 0.3) is 0 Å². The van der Waals surface area contributed by atoms with E-state index < -0.39 is 0 Å². The van der Waals surface area contributed by atoms with E-state index in [4.69, 9.17) is 5.11 Å². The maximum Gasteiger partial charge on any atom is 0.308 e. The summed E-state index contributed by atoms with van der Waals surface area (Å²) in [6.45, 7) is 1.99. The molecule has 0 aromatic rings. The summed E-state index contributed by atoms with van der Waals surface area (Å²) in [4.78, 5) is 10.3. The van der Waals surface area contributed by atoms with E-state index in [2.05, 4.69) is 4.74 Å². The third-order valence-corrected chi connectivity index (χ3v) is 0.621. The lowest BCUT2D eigenvalue weighted by Crippen LogP contribution is -2.05. The number of ether oxygens (including phenoxy) is 1. The van der Waals surface area contributed by atoms with Crippen molar-refractivity contribution in [2.24, 2.45) is 0 Å². The number of hydrogen-bond acceptors (Lipinski definition) is 3. The highest BCUT2D eigenvalue weighted by Gasteiger charge is 1.96. The van der Waals surface area contributed by atoms with Gasteiger partial charge in [-0.3, -0.25) is 4.79 Å². The van der Waals surface area contributed by atoms with E-state index in [1.54, 1.807) is 6.92 Å². The number of rotatable bonds is 3. The number of carbonyl (C=O) groups excluding carboxylic acids is 1. The molecule has 0 saturated carbocycles. The Labute approximate surface area is 60.4 Å². The molecule has 1 N–H and O–H groups in total. The normalized spacial score (nSPS) is 7.78. The topological polar surface area (TPSA) is 46.5 Å². The van der Waals surface area contributed by atoms with Crippen LogP contribution in [0, 0.1) is 0 Å². The number of halogens is 1. The van der Waals surface area contributed by atoms with Crippen molar-refractivity contribution in [3.8, 4) is 0 Å². The smallest absolute Gasteiger partial charge is 0.308 e. The lowest BCUT2D eigenvalue weighted by molar-refractivity contribution is -0.143. The van der Waals surface area contributed by atoms with Crippen molar-refractivity contribution in [1.82, 2.24) is 0 Å². The molecule has 0 spiro atoms. The van der Waals surface area contributed by atoms with Crippen LogP contribution in [-0.2, 0) is 9.53 Å². The molecular weight excluding hydrogens is 144 g/mol. The minimum atomic E-state index is -0.338. The molecule has 0 radical (unpaired) electrons. The molecular formula is C5H11ClO3. The molecule has 0 aliphatic rings. The van der Waals surface area contributed by atoms with Gasteiger partial charge in [0.05, 0.1) is 19.6 Å². The fourth-order valence-electron chi connectivity index (χ4n) is 0.324. The Morgan fingerprint density at radius 3 is 2.56 bits per heavy atom. The summed E-state index contributed by atoms with van der Waals surface area (Å²) in [7, 11) is 0. The highest BCUT2D eigenvalue weighted by Crippen LogP contribution is 1.82. The van der Waals surface area contributed by atoms with Gasteiger partial charge in [0.1, 0.15) is 0 Å². The molecule has 0 aromatic heterocycles. The Hall–Kier alpha value is -0.280. The van der Waals surface area contributed by atoms with Gasteiger partial charge < -0.3 is 9.84 Å². The summed E-state index contributed by atoms with van der Waals surface area (Å²) in [5.41, 5.74) is 0. The maximum absolute atomic E-state index is 10.3. The standard InChI is InChI=1S/C5H10O3.ClH/c1-2-8-5(7)3-4-6;/h6H,2-4H2,1H3;1H. The van der Waals surface area contributed by atoms with Crippen molar-refractivity contribution in [2.75, 3.05) is 13.2 Å². The molecule has 0 aromatic carbocycles. The second-order valence-corrected chi connectivity index (χ2v) is 1.28. The number of esters is 1. The van der Waals surface area contributed by atoms with Crippen LogP contribution in [0.3, 0.4) is 0 Å². The molecule has 0 unspecified atom stereocenters. The molecule has 56 valence electrons. The zero-order chi connectivity index (χ0) is 6.41. The van der Waals surface area contributed by atoms with Gasteiger partial charge in [0.15, 0.2) is 0 Å². The quantitative estimate of drug-likeness (QED) is 0.597. The van der Waals surface area contributed by atoms with Crippen molar-refractivity contribution < 1.29 is 14.6 Å². The minimum Gasteiger partial charge on any atom is -0.466 e. The molecule has 0 fully saturated rings. The minimum absolute atomic E-state index is 0. The van der Waals surface area contributed by atoms with Gasteiger partial charge in [0.2, 0.25) is 0 Å². The van der Waals surface area contributed by atoms with Crippen LogP contribution in [0.5, 0.6) is 0 Å². The Morgan fingerprint density at radius 1 is 1.67 bits per heavy atom. The van der Waals surface area contributed by atoms with Crippen LogP contribution in [0.15, 0.2) is 0 Å². The molecule has 3 nitrogen and oxygen atoms in total. The van der Waals surface area contributed by atoms with Gasteiger partial charge >= 0.3 is 5.97 Å². The van der Waals surface area contributed by atoms with Crippen LogP contribution in [0.4, 0.5) is 0 Å². The van der Waals surface area contributed by atoms with Crippen LogP contribution in [0.25, 0.3) is 0 Å². The first-order chi connectivity index (χ1) is 3.81. The van der Waals surface area contributed by atoms with Crippen molar-refractivity contribution >= 4 is 18.4 Å². The average Bonchev–Trinajstić information content (AvgIpc) is 1.68. The van der Waals surface area contributed by atoms with Crippen molar-refractivity contribution in [3.05, 3.63) is 0 Å². The Kier molecular flexibility index (Phi) is 9.87. The number of aliphatic hydroxyl groups excluding tert-OH is 1. The third kappa shape index (κ3) is 7.72. The van der Waals surface area contributed by atoms with Gasteiger partial charge in [-0.05, 0) is 6.92 Å². The van der Waals surface area contributed by atoms with Crippen LogP contribution >= 0.6 is 12.4 Å². The van der Waals surface area contributed by atoms with E-state index >= 15 is 0 Å². The summed E-state index contributed by atoms with van der Waals surface area (Å²) in [5.74, 6) is -0.338. The number of aliphatic hydroxyl groups is 1. The summed E-state index contributed by atoms with van der Waals surface area (Å²) >= 11 is 0. The molecule has 0 rings (SSSR count). The highest BCUT2D eigenvalue weighted by molar-refractivity contribution is 5.85. The van der Waals surface area contributed by atoms with Gasteiger partial charge in [-0.1, -0.05) is 0 Å². The second kappa shape index (κ2) is 7.72. The van der Waals surface area contributed by atoms with E-state index in [1.165, 1.54) is 0 Å². The maximum atomic E-state index is 10.3. The van der Waals surface area contributed by atoms with Gasteiger partial charge in [-0.25, -0.2) is 0 Å². The van der Waals surface area contributed by atoms with Crippen molar-refractivity contribution in [2.45, 2.75) is 13.3 Å². The first-order valence-corrected chi connectivity index (χ1v) is 2.57. The molecule has 0 aliphatic carbocycles. The zero-order valence-electron chi connectivity index (χ0n) is 5.29. The molecule has 0 saturated heterocycles. The van der Waals surface area contributed by atoms with E-state index in [0.717, 1.165) is 0 Å². The predicted octanol–water partition coefficient (Wildman–Crippen LogP) is 0.354. The SMILES string of the molecule is CCOC(=O)CCO.Cl. The second-order valence-electron chi connectivity index (χ2n) is 1.28. The first kappa shape index (κ1) is 11.5. The Bertz CT molecular complexity index is 66.6. The summed E-state index contributed by atoms with van der Waals surface area (Å²) in [5, 5.41) is 8.16. The average molecular weight is 155 g/mol. The van der Waals surface area contributed by atoms with Gasteiger partial charge in [-0.15, -0.1) is 12.4 Å². The summed E-state index contributed by atoms with van der Waals surface area (Å²) < 4.78 is 4.48. The van der Waals surface area contributed by atoms with Crippen molar-refractivity contribution in [3.63, 3.8) is 0 Å². The van der Waals surface area contributed by atoms with Crippen LogP contribution in [0.1, 0.15) is 13.3 Å². The van der Waals surface area contributed by atoms with Crippen LogP contribution in [0.2, 0.25) is 0 Å². The molecule has 0 aliphatic heterocycles. The molecule has 0 bridgehead atoms. The summed E-state index contributed by atoms with van der Waals surface area (Å²) in [6.07, 6.45) is 0.105.